The van der Waals surface area contributed by atoms with Gasteiger partial charge in [0.1, 0.15) is 11.7 Å². The summed E-state index contributed by atoms with van der Waals surface area (Å²) in [5, 5.41) is 24.1. The minimum Gasteiger partial charge on any atom is -0.480 e. The lowest BCUT2D eigenvalue weighted by molar-refractivity contribution is -0.139. The Morgan fingerprint density at radius 1 is 1.56 bits per heavy atom. The number of rotatable bonds is 6. The minimum absolute atomic E-state index is 0.0282. The van der Waals surface area contributed by atoms with Gasteiger partial charge >= 0.3 is 5.97 Å². The fourth-order valence-electron chi connectivity index (χ4n) is 1.53. The van der Waals surface area contributed by atoms with E-state index in [9.17, 15) is 9.59 Å². The topological polar surface area (TPSA) is 104 Å². The molecule has 1 rings (SSSR count). The predicted octanol–water partition coefficient (Wildman–Crippen LogP) is -0.452. The van der Waals surface area contributed by atoms with Gasteiger partial charge in [0.2, 0.25) is 0 Å². The Bertz CT molecular complexity index is 441. The average molecular weight is 255 g/mol. The Kier molecular flexibility index (Phi) is 4.85. The number of aliphatic carboxylic acids is 1. The predicted molar refractivity (Wildman–Crippen MR) is 63.2 cm³/mol. The van der Waals surface area contributed by atoms with Crippen LogP contribution in [0.25, 0.3) is 0 Å². The highest BCUT2D eigenvalue weighted by atomic mass is 16.4. The van der Waals surface area contributed by atoms with Crippen molar-refractivity contribution < 1.29 is 19.8 Å². The zero-order chi connectivity index (χ0) is 13.7. The van der Waals surface area contributed by atoms with Crippen molar-refractivity contribution in [2.75, 3.05) is 6.61 Å². The highest BCUT2D eigenvalue weighted by Crippen LogP contribution is 2.05. The van der Waals surface area contributed by atoms with Gasteiger partial charge in [-0.15, -0.1) is 0 Å². The molecule has 0 aliphatic carbocycles. The first-order valence-corrected chi connectivity index (χ1v) is 5.67. The Morgan fingerprint density at radius 2 is 2.22 bits per heavy atom. The lowest BCUT2D eigenvalue weighted by Crippen LogP contribution is -2.42. The molecule has 0 bridgehead atoms. The molecule has 7 heteroatoms. The summed E-state index contributed by atoms with van der Waals surface area (Å²) in [6, 6.07) is 0.523. The zero-order valence-electron chi connectivity index (χ0n) is 10.4. The molecule has 18 heavy (non-hydrogen) atoms. The summed E-state index contributed by atoms with van der Waals surface area (Å²) in [6.45, 7) is 1.61. The molecule has 1 amide bonds. The maximum absolute atomic E-state index is 11.9. The van der Waals surface area contributed by atoms with E-state index in [0.29, 0.717) is 12.1 Å². The van der Waals surface area contributed by atoms with E-state index >= 15 is 0 Å². The molecule has 1 heterocycles. The number of carboxylic acids is 1. The number of carboxylic acid groups (broad SMARTS) is 1. The number of carbonyl (C=O) groups is 2. The molecule has 0 aromatic carbocycles. The smallest absolute Gasteiger partial charge is 0.326 e. The molecule has 0 aliphatic rings. The van der Waals surface area contributed by atoms with Gasteiger partial charge < -0.3 is 15.5 Å². The van der Waals surface area contributed by atoms with Crippen LogP contribution in [0.3, 0.4) is 0 Å². The van der Waals surface area contributed by atoms with Crippen molar-refractivity contribution in [1.82, 2.24) is 15.1 Å². The van der Waals surface area contributed by atoms with Crippen LogP contribution in [-0.4, -0.2) is 44.5 Å². The van der Waals surface area contributed by atoms with Crippen molar-refractivity contribution in [3.63, 3.8) is 0 Å². The molecule has 1 aromatic heterocycles. The molecule has 0 fully saturated rings. The van der Waals surface area contributed by atoms with E-state index in [2.05, 4.69) is 10.4 Å². The Morgan fingerprint density at radius 3 is 2.67 bits per heavy atom. The van der Waals surface area contributed by atoms with Crippen LogP contribution in [0.1, 0.15) is 29.5 Å². The summed E-state index contributed by atoms with van der Waals surface area (Å²) in [5.74, 6) is -1.68. The first-order chi connectivity index (χ1) is 8.49. The number of nitrogens with zero attached hydrogens (tertiary/aromatic N) is 2. The number of carbonyl (C=O) groups excluding carboxylic acids is 1. The standard InChI is InChI=1S/C11H17N3O4/c1-3-7-6-9(14(2)13-7)10(16)12-8(4-5-15)11(17)18/h6,8,15H,3-5H2,1-2H3,(H,12,16)(H,17,18)/t8-/m1/s1. The number of aryl methyl sites for hydroxylation is 2. The van der Waals surface area contributed by atoms with Gasteiger partial charge in [0, 0.05) is 20.1 Å². The first kappa shape index (κ1) is 14.2. The molecule has 0 aliphatic heterocycles. The normalized spacial score (nSPS) is 12.2. The number of aliphatic hydroxyl groups is 1. The molecule has 0 radical (unpaired) electrons. The van der Waals surface area contributed by atoms with Crippen LogP contribution in [0, 0.1) is 0 Å². The summed E-state index contributed by atoms with van der Waals surface area (Å²) < 4.78 is 1.41. The number of hydrogen-bond acceptors (Lipinski definition) is 4. The highest BCUT2D eigenvalue weighted by Gasteiger charge is 2.22. The largest absolute Gasteiger partial charge is 0.480 e. The molecule has 1 aromatic rings. The second-order valence-electron chi connectivity index (χ2n) is 3.87. The van der Waals surface area contributed by atoms with Gasteiger partial charge in [0.25, 0.3) is 5.91 Å². The number of amides is 1. The van der Waals surface area contributed by atoms with Crippen LogP contribution >= 0.6 is 0 Å². The van der Waals surface area contributed by atoms with Crippen molar-refractivity contribution in [2.24, 2.45) is 7.05 Å². The number of nitrogens with one attached hydrogen (secondary N) is 1. The summed E-state index contributed by atoms with van der Waals surface area (Å²) in [4.78, 5) is 22.7. The van der Waals surface area contributed by atoms with Crippen LogP contribution < -0.4 is 5.32 Å². The SMILES string of the molecule is CCc1cc(C(=O)N[C@H](CCO)C(=O)O)n(C)n1. The van der Waals surface area contributed by atoms with Crippen LogP contribution in [-0.2, 0) is 18.3 Å². The summed E-state index contributed by atoms with van der Waals surface area (Å²) in [7, 11) is 1.62. The Balaban J connectivity index is 2.79. The second kappa shape index (κ2) is 6.15. The van der Waals surface area contributed by atoms with Crippen molar-refractivity contribution in [3.8, 4) is 0 Å². The Hall–Kier alpha value is -1.89. The summed E-state index contributed by atoms with van der Waals surface area (Å²) in [6.07, 6.45) is 0.666. The van der Waals surface area contributed by atoms with Gasteiger partial charge in [-0.1, -0.05) is 6.92 Å². The molecular formula is C11H17N3O4. The highest BCUT2D eigenvalue weighted by molar-refractivity contribution is 5.95. The average Bonchev–Trinajstić information content (AvgIpc) is 2.69. The van der Waals surface area contributed by atoms with Gasteiger partial charge in [-0.3, -0.25) is 9.48 Å². The van der Waals surface area contributed by atoms with E-state index in [1.54, 1.807) is 13.1 Å². The third-order valence-electron chi connectivity index (χ3n) is 2.55. The second-order valence-corrected chi connectivity index (χ2v) is 3.87. The van der Waals surface area contributed by atoms with E-state index in [-0.39, 0.29) is 13.0 Å². The van der Waals surface area contributed by atoms with Crippen LogP contribution in [0.15, 0.2) is 6.07 Å². The van der Waals surface area contributed by atoms with Gasteiger partial charge in [0.15, 0.2) is 0 Å². The fraction of sp³-hybridized carbons (Fsp3) is 0.545. The molecule has 0 spiro atoms. The van der Waals surface area contributed by atoms with Crippen LogP contribution in [0.4, 0.5) is 0 Å². The van der Waals surface area contributed by atoms with Crippen LogP contribution in [0.2, 0.25) is 0 Å². The molecule has 1 atom stereocenters. The van der Waals surface area contributed by atoms with Crippen molar-refractivity contribution >= 4 is 11.9 Å². The monoisotopic (exact) mass is 255 g/mol. The number of hydrogen-bond donors (Lipinski definition) is 3. The molecule has 0 unspecified atom stereocenters. The maximum atomic E-state index is 11.9. The first-order valence-electron chi connectivity index (χ1n) is 5.67. The van der Waals surface area contributed by atoms with Gasteiger partial charge in [-0.2, -0.15) is 5.10 Å². The van der Waals surface area contributed by atoms with E-state index < -0.39 is 17.9 Å². The molecular weight excluding hydrogens is 238 g/mol. The van der Waals surface area contributed by atoms with Crippen LogP contribution in [0.5, 0.6) is 0 Å². The van der Waals surface area contributed by atoms with Crippen molar-refractivity contribution in [1.29, 1.82) is 0 Å². The summed E-state index contributed by atoms with van der Waals surface area (Å²) >= 11 is 0. The number of aromatic nitrogens is 2. The molecule has 7 nitrogen and oxygen atoms in total. The quantitative estimate of drug-likeness (QED) is 0.638. The van der Waals surface area contributed by atoms with Gasteiger partial charge in [-0.05, 0) is 12.5 Å². The number of aliphatic hydroxyl groups excluding tert-OH is 1. The third kappa shape index (κ3) is 3.30. The fourth-order valence-corrected chi connectivity index (χ4v) is 1.53. The van der Waals surface area contributed by atoms with Crippen molar-refractivity contribution in [3.05, 3.63) is 17.5 Å². The lowest BCUT2D eigenvalue weighted by Gasteiger charge is -2.12. The van der Waals surface area contributed by atoms with Gasteiger partial charge in [0.05, 0.1) is 5.69 Å². The minimum atomic E-state index is -1.17. The zero-order valence-corrected chi connectivity index (χ0v) is 10.4. The van der Waals surface area contributed by atoms with E-state index in [1.807, 2.05) is 6.92 Å². The van der Waals surface area contributed by atoms with E-state index in [0.717, 1.165) is 5.69 Å². The Labute approximate surface area is 104 Å². The lowest BCUT2D eigenvalue weighted by atomic mass is 10.2. The molecule has 100 valence electrons. The van der Waals surface area contributed by atoms with Gasteiger partial charge in [-0.25, -0.2) is 4.79 Å². The maximum Gasteiger partial charge on any atom is 0.326 e. The molecule has 0 saturated heterocycles. The van der Waals surface area contributed by atoms with Crippen molar-refractivity contribution in [2.45, 2.75) is 25.8 Å². The molecule has 0 saturated carbocycles. The third-order valence-corrected chi connectivity index (χ3v) is 2.55. The van der Waals surface area contributed by atoms with E-state index in [4.69, 9.17) is 10.2 Å². The molecule has 3 N–H and O–H groups in total. The van der Waals surface area contributed by atoms with E-state index in [1.165, 1.54) is 4.68 Å². The summed E-state index contributed by atoms with van der Waals surface area (Å²) in [5.41, 5.74) is 1.06.